The van der Waals surface area contributed by atoms with Gasteiger partial charge in [-0.3, -0.25) is 9.69 Å². The molecule has 0 spiro atoms. The zero-order chi connectivity index (χ0) is 23.7. The minimum absolute atomic E-state index is 0.0846. The van der Waals surface area contributed by atoms with Crippen molar-refractivity contribution >= 4 is 12.0 Å². The second-order valence-corrected chi connectivity index (χ2v) is 7.50. The van der Waals surface area contributed by atoms with Gasteiger partial charge in [0.1, 0.15) is 6.61 Å². The van der Waals surface area contributed by atoms with E-state index in [1.54, 1.807) is 0 Å². The van der Waals surface area contributed by atoms with Gasteiger partial charge in [0.2, 0.25) is 5.91 Å². The molecule has 0 aliphatic carbocycles. The van der Waals surface area contributed by atoms with Crippen LogP contribution in [0, 0.1) is 0 Å². The Morgan fingerprint density at radius 2 is 1.67 bits per heavy atom. The van der Waals surface area contributed by atoms with Crippen LogP contribution in [-0.4, -0.2) is 56.3 Å². The summed E-state index contributed by atoms with van der Waals surface area (Å²) in [5.74, 6) is -0.433. The highest BCUT2D eigenvalue weighted by Crippen LogP contribution is 2.31. The molecule has 1 fully saturated rings. The highest BCUT2D eigenvalue weighted by atomic mass is 19.4. The summed E-state index contributed by atoms with van der Waals surface area (Å²) in [6.07, 6.45) is -5.14. The van der Waals surface area contributed by atoms with Crippen molar-refractivity contribution in [2.24, 2.45) is 0 Å². The van der Waals surface area contributed by atoms with E-state index in [0.29, 0.717) is 31.9 Å². The molecule has 0 aromatic heterocycles. The first-order chi connectivity index (χ1) is 15.8. The molecule has 1 saturated heterocycles. The number of carbonyl (C=O) groups is 2. The molecule has 178 valence electrons. The predicted octanol–water partition coefficient (Wildman–Crippen LogP) is 3.12. The zero-order valence-electron chi connectivity index (χ0n) is 17.9. The van der Waals surface area contributed by atoms with Crippen LogP contribution in [0.1, 0.15) is 22.7 Å². The van der Waals surface area contributed by atoms with Crippen LogP contribution in [0.3, 0.4) is 0 Å². The molecule has 1 atom stereocenters. The second-order valence-electron chi connectivity index (χ2n) is 7.50. The van der Waals surface area contributed by atoms with Crippen LogP contribution in [0.4, 0.5) is 18.0 Å². The summed E-state index contributed by atoms with van der Waals surface area (Å²) in [4.78, 5) is 26.1. The van der Waals surface area contributed by atoms with Crippen LogP contribution in [-0.2, 0) is 27.1 Å². The first-order valence-electron chi connectivity index (χ1n) is 10.5. The number of hydrogen-bond donors (Lipinski definition) is 2. The van der Waals surface area contributed by atoms with Crippen LogP contribution in [0.2, 0.25) is 0 Å². The molecule has 2 aromatic rings. The van der Waals surface area contributed by atoms with E-state index in [1.807, 2.05) is 35.2 Å². The molecule has 1 heterocycles. The fourth-order valence-corrected chi connectivity index (χ4v) is 3.44. The Kier molecular flexibility index (Phi) is 8.67. The topological polar surface area (TPSA) is 79.9 Å². The number of nitrogens with zero attached hydrogens (tertiary/aromatic N) is 1. The molecule has 0 bridgehead atoms. The number of carbonyl (C=O) groups excluding carboxylic acids is 2. The Hall–Kier alpha value is -3.11. The largest absolute Gasteiger partial charge is 0.445 e. The van der Waals surface area contributed by atoms with E-state index in [2.05, 4.69) is 10.6 Å². The number of rotatable bonds is 8. The summed E-state index contributed by atoms with van der Waals surface area (Å²) in [5, 5.41) is 5.13. The highest BCUT2D eigenvalue weighted by molar-refractivity contribution is 5.82. The molecule has 2 aromatic carbocycles. The Balaban J connectivity index is 1.52. The van der Waals surface area contributed by atoms with Gasteiger partial charge in [0, 0.05) is 19.6 Å². The molecule has 2 amide bonds. The summed E-state index contributed by atoms with van der Waals surface area (Å²) in [7, 11) is 0. The maximum Gasteiger partial charge on any atom is 0.416 e. The number of alkyl carbamates (subject to hydrolysis) is 1. The van der Waals surface area contributed by atoms with Gasteiger partial charge < -0.3 is 20.1 Å². The van der Waals surface area contributed by atoms with Gasteiger partial charge in [0.25, 0.3) is 0 Å². The van der Waals surface area contributed by atoms with Crippen LogP contribution in [0.15, 0.2) is 54.6 Å². The number of benzene rings is 2. The van der Waals surface area contributed by atoms with Crippen LogP contribution in [0.25, 0.3) is 0 Å². The second kappa shape index (κ2) is 11.7. The number of halogens is 3. The van der Waals surface area contributed by atoms with Crippen LogP contribution >= 0.6 is 0 Å². The summed E-state index contributed by atoms with van der Waals surface area (Å²) in [6, 6.07) is 13.7. The molecule has 33 heavy (non-hydrogen) atoms. The first kappa shape index (κ1) is 24.5. The minimum atomic E-state index is -4.41. The molecule has 0 saturated carbocycles. The molecule has 1 aliphatic rings. The quantitative estimate of drug-likeness (QED) is 0.626. The molecular weight excluding hydrogens is 439 g/mol. The SMILES string of the molecule is O=C(CNC(=O)OCc1ccccc1)NCC(c1ccc(C(F)(F)F)cc1)N1CCOCC1. The number of amides is 2. The lowest BCUT2D eigenvalue weighted by atomic mass is 10.0. The fourth-order valence-electron chi connectivity index (χ4n) is 3.44. The van der Waals surface area contributed by atoms with Gasteiger partial charge >= 0.3 is 12.3 Å². The summed E-state index contributed by atoms with van der Waals surface area (Å²) in [5.41, 5.74) is 0.747. The maximum absolute atomic E-state index is 12.9. The lowest BCUT2D eigenvalue weighted by Crippen LogP contribution is -2.45. The van der Waals surface area contributed by atoms with Crippen molar-refractivity contribution in [3.63, 3.8) is 0 Å². The summed E-state index contributed by atoms with van der Waals surface area (Å²) >= 11 is 0. The van der Waals surface area contributed by atoms with Crippen molar-refractivity contribution in [2.75, 3.05) is 39.4 Å². The average molecular weight is 465 g/mol. The van der Waals surface area contributed by atoms with Gasteiger partial charge in [-0.25, -0.2) is 4.79 Å². The van der Waals surface area contributed by atoms with Crippen molar-refractivity contribution in [3.05, 3.63) is 71.3 Å². The van der Waals surface area contributed by atoms with Crippen molar-refractivity contribution in [1.82, 2.24) is 15.5 Å². The van der Waals surface area contributed by atoms with Gasteiger partial charge in [0.05, 0.1) is 31.4 Å². The molecule has 1 aliphatic heterocycles. The molecule has 3 rings (SSSR count). The molecule has 7 nitrogen and oxygen atoms in total. The third-order valence-electron chi connectivity index (χ3n) is 5.21. The van der Waals surface area contributed by atoms with Crippen molar-refractivity contribution < 1.29 is 32.2 Å². The van der Waals surface area contributed by atoms with E-state index in [0.717, 1.165) is 17.7 Å². The van der Waals surface area contributed by atoms with E-state index < -0.39 is 23.7 Å². The Labute approximate surface area is 189 Å². The normalized spacial score (nSPS) is 15.5. The summed E-state index contributed by atoms with van der Waals surface area (Å²) < 4.78 is 49.1. The lowest BCUT2D eigenvalue weighted by Gasteiger charge is -2.35. The zero-order valence-corrected chi connectivity index (χ0v) is 17.9. The summed E-state index contributed by atoms with van der Waals surface area (Å²) in [6.45, 7) is 2.15. The lowest BCUT2D eigenvalue weighted by molar-refractivity contribution is -0.137. The Morgan fingerprint density at radius 3 is 2.30 bits per heavy atom. The van der Waals surface area contributed by atoms with Crippen LogP contribution < -0.4 is 10.6 Å². The standard InChI is InChI=1S/C23H26F3N3O4/c24-23(25,26)19-8-6-18(7-9-19)20(29-10-12-32-13-11-29)14-27-21(30)15-28-22(31)33-16-17-4-2-1-3-5-17/h1-9,20H,10-16H2,(H,27,30)(H,28,31). The Morgan fingerprint density at radius 1 is 1.00 bits per heavy atom. The van der Waals surface area contributed by atoms with Crippen molar-refractivity contribution in [2.45, 2.75) is 18.8 Å². The highest BCUT2D eigenvalue weighted by Gasteiger charge is 2.31. The van der Waals surface area contributed by atoms with Gasteiger partial charge in [-0.05, 0) is 23.3 Å². The fraction of sp³-hybridized carbons (Fsp3) is 0.391. The average Bonchev–Trinajstić information content (AvgIpc) is 2.82. The van der Waals surface area contributed by atoms with E-state index in [9.17, 15) is 22.8 Å². The van der Waals surface area contributed by atoms with Crippen LogP contribution in [0.5, 0.6) is 0 Å². The van der Waals surface area contributed by atoms with Crippen molar-refractivity contribution in [1.29, 1.82) is 0 Å². The van der Waals surface area contributed by atoms with Gasteiger partial charge in [0.15, 0.2) is 0 Å². The maximum atomic E-state index is 12.9. The van der Waals surface area contributed by atoms with Crippen molar-refractivity contribution in [3.8, 4) is 0 Å². The first-order valence-corrected chi connectivity index (χ1v) is 10.5. The molecule has 2 N–H and O–H groups in total. The number of nitrogens with one attached hydrogen (secondary N) is 2. The van der Waals surface area contributed by atoms with Gasteiger partial charge in [-0.1, -0.05) is 42.5 Å². The third-order valence-corrected chi connectivity index (χ3v) is 5.21. The smallest absolute Gasteiger partial charge is 0.416 e. The number of hydrogen-bond acceptors (Lipinski definition) is 5. The molecular formula is C23H26F3N3O4. The number of alkyl halides is 3. The van der Waals surface area contributed by atoms with E-state index in [1.165, 1.54) is 12.1 Å². The van der Waals surface area contributed by atoms with Gasteiger partial charge in [-0.2, -0.15) is 13.2 Å². The molecule has 1 unspecified atom stereocenters. The molecule has 10 heteroatoms. The van der Waals surface area contributed by atoms with E-state index in [4.69, 9.17) is 9.47 Å². The third kappa shape index (κ3) is 7.76. The predicted molar refractivity (Wildman–Crippen MR) is 114 cm³/mol. The van der Waals surface area contributed by atoms with E-state index >= 15 is 0 Å². The number of ether oxygens (including phenoxy) is 2. The van der Waals surface area contributed by atoms with Gasteiger partial charge in [-0.15, -0.1) is 0 Å². The number of morpholine rings is 1. The minimum Gasteiger partial charge on any atom is -0.445 e. The molecule has 0 radical (unpaired) electrons. The monoisotopic (exact) mass is 465 g/mol. The van der Waals surface area contributed by atoms with E-state index in [-0.39, 0.29) is 25.7 Å². The Bertz CT molecular complexity index is 901.